The first-order valence-corrected chi connectivity index (χ1v) is 4.56. The smallest absolute Gasteiger partial charge is 0.106 e. The Hall–Kier alpha value is -0.370. The molecule has 0 aromatic carbocycles. The first kappa shape index (κ1) is 14.2. The van der Waals surface area contributed by atoms with Gasteiger partial charge in [-0.1, -0.05) is 20.8 Å². The van der Waals surface area contributed by atoms with Crippen molar-refractivity contribution >= 4 is 6.79 Å². The Bertz CT molecular complexity index is 81.8. The van der Waals surface area contributed by atoms with Crippen LogP contribution in [0.4, 0.5) is 0 Å². The fourth-order valence-electron chi connectivity index (χ4n) is 1.54. The molecule has 2 nitrogen and oxygen atoms in total. The van der Waals surface area contributed by atoms with Crippen LogP contribution < -0.4 is 5.73 Å². The predicted molar refractivity (Wildman–Crippen MR) is 54.0 cm³/mol. The molecule has 2 N–H and O–H groups in total. The van der Waals surface area contributed by atoms with Crippen LogP contribution in [0.15, 0.2) is 0 Å². The lowest BCUT2D eigenvalue weighted by atomic mass is 9.94. The molecular weight excluding hydrogens is 150 g/mol. The van der Waals surface area contributed by atoms with E-state index in [4.69, 9.17) is 10.5 Å². The topological polar surface area (TPSA) is 43.1 Å². The van der Waals surface area contributed by atoms with Crippen molar-refractivity contribution in [3.05, 3.63) is 0 Å². The van der Waals surface area contributed by atoms with Gasteiger partial charge < -0.3 is 10.5 Å². The van der Waals surface area contributed by atoms with Gasteiger partial charge >= 0.3 is 0 Å². The molecule has 0 bridgehead atoms. The fraction of sp³-hybridized carbons (Fsp3) is 0.900. The molecule has 0 saturated carbocycles. The van der Waals surface area contributed by atoms with Gasteiger partial charge in [0, 0.05) is 6.04 Å². The molecule has 0 unspecified atom stereocenters. The van der Waals surface area contributed by atoms with E-state index >= 15 is 0 Å². The monoisotopic (exact) mass is 173 g/mol. The van der Waals surface area contributed by atoms with Crippen LogP contribution in [-0.4, -0.2) is 12.8 Å². The van der Waals surface area contributed by atoms with E-state index in [1.165, 1.54) is 6.42 Å². The molecule has 12 heavy (non-hydrogen) atoms. The van der Waals surface area contributed by atoms with Crippen LogP contribution >= 0.6 is 0 Å². The summed E-state index contributed by atoms with van der Waals surface area (Å²) in [7, 11) is 0. The number of nitrogens with two attached hydrogens (primary N) is 1. The highest BCUT2D eigenvalue weighted by atomic mass is 16.1. The lowest BCUT2D eigenvalue weighted by molar-refractivity contribution is -0.0979. The molecule has 0 heterocycles. The zero-order chi connectivity index (χ0) is 10.1. The number of carbonyl (C=O) groups is 1. The number of rotatable bonds is 4. The van der Waals surface area contributed by atoms with Gasteiger partial charge in [-0.15, -0.1) is 0 Å². The van der Waals surface area contributed by atoms with Crippen LogP contribution in [0.5, 0.6) is 0 Å². The SMILES string of the molecule is C=O.CC(C)C[C@H](C)C[C@@H](C)N. The third-order valence-electron chi connectivity index (χ3n) is 1.65. The quantitative estimate of drug-likeness (QED) is 0.708. The molecule has 0 aliphatic heterocycles. The van der Waals surface area contributed by atoms with Crippen molar-refractivity contribution in [2.45, 2.75) is 46.6 Å². The summed E-state index contributed by atoms with van der Waals surface area (Å²) in [6.45, 7) is 10.9. The summed E-state index contributed by atoms with van der Waals surface area (Å²) in [5, 5.41) is 0. The Balaban J connectivity index is 0. The van der Waals surface area contributed by atoms with E-state index in [1.54, 1.807) is 0 Å². The first-order chi connectivity index (χ1) is 5.52. The van der Waals surface area contributed by atoms with Gasteiger partial charge in [-0.25, -0.2) is 0 Å². The first-order valence-electron chi connectivity index (χ1n) is 4.56. The van der Waals surface area contributed by atoms with E-state index in [-0.39, 0.29) is 0 Å². The molecule has 0 aromatic heterocycles. The Morgan fingerprint density at radius 3 is 1.75 bits per heavy atom. The highest BCUT2D eigenvalue weighted by Crippen LogP contribution is 2.15. The molecule has 2 heteroatoms. The molecule has 0 rings (SSSR count). The van der Waals surface area contributed by atoms with Gasteiger partial charge in [0.15, 0.2) is 0 Å². The fourth-order valence-corrected chi connectivity index (χ4v) is 1.54. The average molecular weight is 173 g/mol. The Morgan fingerprint density at radius 2 is 1.50 bits per heavy atom. The molecule has 0 aliphatic carbocycles. The van der Waals surface area contributed by atoms with E-state index in [0.29, 0.717) is 6.04 Å². The second-order valence-electron chi connectivity index (χ2n) is 3.95. The summed E-state index contributed by atoms with van der Waals surface area (Å²) < 4.78 is 0. The van der Waals surface area contributed by atoms with Gasteiger partial charge in [0.25, 0.3) is 0 Å². The van der Waals surface area contributed by atoms with Crippen molar-refractivity contribution in [1.82, 2.24) is 0 Å². The standard InChI is InChI=1S/C9H21N.CH2O/c1-7(2)5-8(3)6-9(4)10;1-2/h7-9H,5-6,10H2,1-4H3;1H2/t8-,9+;/m0./s1. The van der Waals surface area contributed by atoms with Crippen LogP contribution in [0, 0.1) is 11.8 Å². The summed E-state index contributed by atoms with van der Waals surface area (Å²) in [5.41, 5.74) is 5.67. The number of carbonyl (C=O) groups excluding carboxylic acids is 1. The van der Waals surface area contributed by atoms with Gasteiger partial charge in [0.2, 0.25) is 0 Å². The second kappa shape index (κ2) is 8.72. The third kappa shape index (κ3) is 12.3. The highest BCUT2D eigenvalue weighted by Gasteiger charge is 2.06. The van der Waals surface area contributed by atoms with Gasteiger partial charge in [-0.2, -0.15) is 0 Å². The predicted octanol–water partition coefficient (Wildman–Crippen LogP) is 2.22. The molecule has 0 fully saturated rings. The van der Waals surface area contributed by atoms with E-state index < -0.39 is 0 Å². The zero-order valence-corrected chi connectivity index (χ0v) is 8.84. The number of hydrogen-bond acceptors (Lipinski definition) is 2. The molecule has 0 radical (unpaired) electrons. The number of hydrogen-bond donors (Lipinski definition) is 1. The summed E-state index contributed by atoms with van der Waals surface area (Å²) >= 11 is 0. The Labute approximate surface area is 76.5 Å². The van der Waals surface area contributed by atoms with Crippen LogP contribution in [0.1, 0.15) is 40.5 Å². The lowest BCUT2D eigenvalue weighted by Gasteiger charge is -2.15. The summed E-state index contributed by atoms with van der Waals surface area (Å²) in [6, 6.07) is 0.369. The van der Waals surface area contributed by atoms with Gasteiger partial charge in [-0.05, 0) is 31.6 Å². The molecule has 2 atom stereocenters. The largest absolute Gasteiger partial charge is 0.328 e. The summed E-state index contributed by atoms with van der Waals surface area (Å²) in [6.07, 6.45) is 2.47. The van der Waals surface area contributed by atoms with Gasteiger partial charge in [0.05, 0.1) is 0 Å². The molecule has 74 valence electrons. The lowest BCUT2D eigenvalue weighted by Crippen LogP contribution is -2.18. The van der Waals surface area contributed by atoms with Crippen molar-refractivity contribution in [3.8, 4) is 0 Å². The maximum Gasteiger partial charge on any atom is 0.106 e. The van der Waals surface area contributed by atoms with Crippen LogP contribution in [0.3, 0.4) is 0 Å². The highest BCUT2D eigenvalue weighted by molar-refractivity contribution is 5.10. The maximum absolute atomic E-state index is 8.00. The zero-order valence-electron chi connectivity index (χ0n) is 8.84. The van der Waals surface area contributed by atoms with Gasteiger partial charge in [0.1, 0.15) is 6.79 Å². The molecule has 0 spiro atoms. The van der Waals surface area contributed by atoms with Gasteiger partial charge in [-0.3, -0.25) is 0 Å². The molecule has 0 amide bonds. The van der Waals surface area contributed by atoms with E-state index in [0.717, 1.165) is 18.3 Å². The maximum atomic E-state index is 8.00. The van der Waals surface area contributed by atoms with Crippen molar-refractivity contribution < 1.29 is 4.79 Å². The normalized spacial score (nSPS) is 14.8. The van der Waals surface area contributed by atoms with E-state index in [1.807, 2.05) is 6.79 Å². The van der Waals surface area contributed by atoms with Crippen LogP contribution in [-0.2, 0) is 4.79 Å². The van der Waals surface area contributed by atoms with Crippen LogP contribution in [0.2, 0.25) is 0 Å². The van der Waals surface area contributed by atoms with Crippen molar-refractivity contribution in [2.24, 2.45) is 17.6 Å². The Morgan fingerprint density at radius 1 is 1.08 bits per heavy atom. The molecule has 0 aliphatic rings. The third-order valence-corrected chi connectivity index (χ3v) is 1.65. The summed E-state index contributed by atoms with van der Waals surface area (Å²) in [5.74, 6) is 1.61. The average Bonchev–Trinajstić information content (AvgIpc) is 1.87. The van der Waals surface area contributed by atoms with Crippen molar-refractivity contribution in [2.75, 3.05) is 0 Å². The van der Waals surface area contributed by atoms with Crippen molar-refractivity contribution in [1.29, 1.82) is 0 Å². The van der Waals surface area contributed by atoms with E-state index in [9.17, 15) is 0 Å². The summed E-state index contributed by atoms with van der Waals surface area (Å²) in [4.78, 5) is 8.00. The molecule has 0 saturated heterocycles. The molecular formula is C10H23NO. The Kier molecular flexibility index (Phi) is 10.3. The van der Waals surface area contributed by atoms with Crippen LogP contribution in [0.25, 0.3) is 0 Å². The minimum atomic E-state index is 0.369. The van der Waals surface area contributed by atoms with E-state index in [2.05, 4.69) is 27.7 Å². The minimum Gasteiger partial charge on any atom is -0.328 e. The second-order valence-corrected chi connectivity index (χ2v) is 3.95. The van der Waals surface area contributed by atoms with Crippen molar-refractivity contribution in [3.63, 3.8) is 0 Å². The minimum absolute atomic E-state index is 0.369. The molecule has 0 aromatic rings.